The second-order valence-electron chi connectivity index (χ2n) is 6.90. The zero-order chi connectivity index (χ0) is 15.7. The molecule has 6 heteroatoms. The summed E-state index contributed by atoms with van der Waals surface area (Å²) in [6.45, 7) is 9.09. The highest BCUT2D eigenvalue weighted by Crippen LogP contribution is 2.38. The molecule has 1 atom stereocenters. The number of carbonyl (C=O) groups is 2. The number of rotatable bonds is 4. The van der Waals surface area contributed by atoms with Crippen molar-refractivity contribution in [1.29, 1.82) is 0 Å². The van der Waals surface area contributed by atoms with E-state index in [9.17, 15) is 14.8 Å². The molecule has 1 fully saturated rings. The van der Waals surface area contributed by atoms with Crippen molar-refractivity contribution >= 4 is 11.9 Å². The van der Waals surface area contributed by atoms with Crippen molar-refractivity contribution in [3.63, 3.8) is 0 Å². The van der Waals surface area contributed by atoms with Gasteiger partial charge in [-0.15, -0.1) is 0 Å². The van der Waals surface area contributed by atoms with E-state index in [1.54, 1.807) is 6.92 Å². The molecular formula is C14H25NO5. The van der Waals surface area contributed by atoms with Gasteiger partial charge in [0.15, 0.2) is 0 Å². The van der Waals surface area contributed by atoms with E-state index in [1.807, 2.05) is 27.7 Å². The zero-order valence-electron chi connectivity index (χ0n) is 12.8. The standard InChI is InChI=1S/C14H25NO5/c1-9(6-11(16)17)12(18)20-10-7-13(2,3)15(19)14(4,5)8-10/h9-10,19H,6-8H2,1-5H3,(H,16,17). The Hall–Kier alpha value is -1.14. The Morgan fingerprint density at radius 1 is 1.25 bits per heavy atom. The third kappa shape index (κ3) is 3.93. The monoisotopic (exact) mass is 287 g/mol. The third-order valence-electron chi connectivity index (χ3n) is 3.77. The molecule has 0 spiro atoms. The maximum absolute atomic E-state index is 11.9. The molecule has 1 heterocycles. The summed E-state index contributed by atoms with van der Waals surface area (Å²) < 4.78 is 5.43. The Labute approximate surface area is 119 Å². The highest BCUT2D eigenvalue weighted by atomic mass is 16.5. The van der Waals surface area contributed by atoms with Gasteiger partial charge in [0.1, 0.15) is 6.10 Å². The van der Waals surface area contributed by atoms with Crippen LogP contribution in [0.15, 0.2) is 0 Å². The molecule has 6 nitrogen and oxygen atoms in total. The summed E-state index contributed by atoms with van der Waals surface area (Å²) in [7, 11) is 0. The number of piperidine rings is 1. The molecule has 20 heavy (non-hydrogen) atoms. The number of carbonyl (C=O) groups excluding carboxylic acids is 1. The van der Waals surface area contributed by atoms with Crippen LogP contribution in [0.3, 0.4) is 0 Å². The van der Waals surface area contributed by atoms with E-state index in [4.69, 9.17) is 9.84 Å². The molecule has 0 amide bonds. The Morgan fingerprint density at radius 3 is 2.10 bits per heavy atom. The van der Waals surface area contributed by atoms with Crippen LogP contribution < -0.4 is 0 Å². The summed E-state index contributed by atoms with van der Waals surface area (Å²) in [5, 5.41) is 20.2. The van der Waals surface area contributed by atoms with Gasteiger partial charge in [-0.25, -0.2) is 0 Å². The van der Waals surface area contributed by atoms with E-state index in [0.29, 0.717) is 12.8 Å². The van der Waals surface area contributed by atoms with Crippen LogP contribution in [0, 0.1) is 5.92 Å². The van der Waals surface area contributed by atoms with Crippen LogP contribution in [0.5, 0.6) is 0 Å². The molecule has 1 saturated heterocycles. The van der Waals surface area contributed by atoms with E-state index in [2.05, 4.69) is 0 Å². The Bertz CT molecular complexity index is 373. The SMILES string of the molecule is CC(CC(=O)O)C(=O)OC1CC(C)(C)N(O)C(C)(C)C1. The molecule has 1 unspecified atom stereocenters. The Morgan fingerprint density at radius 2 is 1.70 bits per heavy atom. The number of aliphatic carboxylic acids is 1. The van der Waals surface area contributed by atoms with Crippen LogP contribution in [0.25, 0.3) is 0 Å². The van der Waals surface area contributed by atoms with Crippen molar-refractivity contribution in [2.75, 3.05) is 0 Å². The van der Waals surface area contributed by atoms with E-state index in [1.165, 1.54) is 5.06 Å². The quantitative estimate of drug-likeness (QED) is 0.769. The van der Waals surface area contributed by atoms with Gasteiger partial charge in [-0.05, 0) is 27.7 Å². The van der Waals surface area contributed by atoms with Crippen LogP contribution in [-0.4, -0.2) is 44.5 Å². The molecular weight excluding hydrogens is 262 g/mol. The number of nitrogens with zero attached hydrogens (tertiary/aromatic N) is 1. The molecule has 1 rings (SSSR count). The molecule has 0 radical (unpaired) electrons. The molecule has 0 aromatic rings. The smallest absolute Gasteiger partial charge is 0.309 e. The van der Waals surface area contributed by atoms with Crippen molar-refractivity contribution in [3.8, 4) is 0 Å². The molecule has 0 aliphatic carbocycles. The first-order chi connectivity index (χ1) is 8.95. The second-order valence-corrected chi connectivity index (χ2v) is 6.90. The van der Waals surface area contributed by atoms with Crippen LogP contribution in [0.2, 0.25) is 0 Å². The topological polar surface area (TPSA) is 87.1 Å². The van der Waals surface area contributed by atoms with Crippen molar-refractivity contribution in [2.24, 2.45) is 5.92 Å². The lowest BCUT2D eigenvalue weighted by atomic mass is 9.80. The third-order valence-corrected chi connectivity index (χ3v) is 3.77. The minimum Gasteiger partial charge on any atom is -0.481 e. The molecule has 2 N–H and O–H groups in total. The maximum Gasteiger partial charge on any atom is 0.309 e. The van der Waals surface area contributed by atoms with Crippen molar-refractivity contribution in [1.82, 2.24) is 5.06 Å². The fraction of sp³-hybridized carbons (Fsp3) is 0.857. The van der Waals surface area contributed by atoms with E-state index in [-0.39, 0.29) is 12.5 Å². The molecule has 0 aromatic carbocycles. The van der Waals surface area contributed by atoms with Gasteiger partial charge in [-0.1, -0.05) is 6.92 Å². The molecule has 0 saturated carbocycles. The van der Waals surface area contributed by atoms with Gasteiger partial charge in [0.05, 0.1) is 12.3 Å². The summed E-state index contributed by atoms with van der Waals surface area (Å²) >= 11 is 0. The number of esters is 1. The van der Waals surface area contributed by atoms with Gasteiger partial charge in [0.2, 0.25) is 0 Å². The van der Waals surface area contributed by atoms with E-state index in [0.717, 1.165) is 0 Å². The highest BCUT2D eigenvalue weighted by Gasteiger charge is 2.46. The fourth-order valence-electron chi connectivity index (χ4n) is 2.89. The first kappa shape index (κ1) is 16.9. The first-order valence-electron chi connectivity index (χ1n) is 6.87. The molecule has 1 aliphatic heterocycles. The lowest BCUT2D eigenvalue weighted by Gasteiger charge is -2.51. The van der Waals surface area contributed by atoms with Crippen molar-refractivity contribution in [2.45, 2.75) is 71.1 Å². The number of hydrogen-bond acceptors (Lipinski definition) is 5. The summed E-state index contributed by atoms with van der Waals surface area (Å²) in [5.41, 5.74) is -0.995. The predicted octanol–water partition coefficient (Wildman–Crippen LogP) is 2.05. The Balaban J connectivity index is 2.69. The van der Waals surface area contributed by atoms with Crippen LogP contribution in [-0.2, 0) is 14.3 Å². The number of carboxylic acids is 1. The summed E-state index contributed by atoms with van der Waals surface area (Å²) in [4.78, 5) is 22.5. The average Bonchev–Trinajstić information content (AvgIpc) is 2.23. The minimum absolute atomic E-state index is 0.232. The summed E-state index contributed by atoms with van der Waals surface area (Å²) in [6, 6.07) is 0. The van der Waals surface area contributed by atoms with Crippen molar-refractivity contribution in [3.05, 3.63) is 0 Å². The van der Waals surface area contributed by atoms with E-state index < -0.39 is 28.9 Å². The van der Waals surface area contributed by atoms with Gasteiger partial charge < -0.3 is 15.1 Å². The molecule has 0 bridgehead atoms. The van der Waals surface area contributed by atoms with Gasteiger partial charge in [-0.3, -0.25) is 9.59 Å². The van der Waals surface area contributed by atoms with E-state index >= 15 is 0 Å². The van der Waals surface area contributed by atoms with Crippen LogP contribution >= 0.6 is 0 Å². The number of hydroxylamine groups is 2. The normalized spacial score (nSPS) is 24.1. The zero-order valence-corrected chi connectivity index (χ0v) is 12.8. The number of hydrogen-bond donors (Lipinski definition) is 2. The minimum atomic E-state index is -1.01. The van der Waals surface area contributed by atoms with Gasteiger partial charge in [0, 0.05) is 23.9 Å². The lowest BCUT2D eigenvalue weighted by molar-refractivity contribution is -0.260. The van der Waals surface area contributed by atoms with Gasteiger partial charge in [-0.2, -0.15) is 5.06 Å². The average molecular weight is 287 g/mol. The first-order valence-corrected chi connectivity index (χ1v) is 6.87. The fourth-order valence-corrected chi connectivity index (χ4v) is 2.89. The highest BCUT2D eigenvalue weighted by molar-refractivity contribution is 5.78. The number of carboxylic acid groups (broad SMARTS) is 1. The second kappa shape index (κ2) is 5.69. The van der Waals surface area contributed by atoms with Gasteiger partial charge in [0.25, 0.3) is 0 Å². The lowest BCUT2D eigenvalue weighted by Crippen LogP contribution is -2.60. The van der Waals surface area contributed by atoms with Crippen molar-refractivity contribution < 1.29 is 24.6 Å². The largest absolute Gasteiger partial charge is 0.481 e. The Kier molecular flexibility index (Phi) is 4.82. The van der Waals surface area contributed by atoms with Gasteiger partial charge >= 0.3 is 11.9 Å². The molecule has 116 valence electrons. The summed E-state index contributed by atoms with van der Waals surface area (Å²) in [5.74, 6) is -2.17. The number of ether oxygens (including phenoxy) is 1. The maximum atomic E-state index is 11.9. The summed E-state index contributed by atoms with van der Waals surface area (Å²) in [6.07, 6.45) is 0.480. The molecule has 0 aromatic heterocycles. The predicted molar refractivity (Wildman–Crippen MR) is 72.3 cm³/mol. The van der Waals surface area contributed by atoms with Crippen LogP contribution in [0.4, 0.5) is 0 Å². The van der Waals surface area contributed by atoms with Crippen LogP contribution in [0.1, 0.15) is 53.9 Å². The molecule has 1 aliphatic rings.